The molecule has 188 valence electrons. The second-order valence-electron chi connectivity index (χ2n) is 9.00. The maximum atomic E-state index is 13.0. The third-order valence-electron chi connectivity index (χ3n) is 6.21. The molecule has 2 aromatic carbocycles. The van der Waals surface area contributed by atoms with Gasteiger partial charge in [0.2, 0.25) is 15.2 Å². The van der Waals surface area contributed by atoms with Gasteiger partial charge in [0.15, 0.2) is 0 Å². The van der Waals surface area contributed by atoms with Gasteiger partial charge in [0, 0.05) is 30.8 Å². The first-order valence-electron chi connectivity index (χ1n) is 11.7. The fraction of sp³-hybridized carbons (Fsp3) is 0.320. The topological polar surface area (TPSA) is 106 Å². The quantitative estimate of drug-likeness (QED) is 0.398. The van der Waals surface area contributed by atoms with Crippen LogP contribution in [0.25, 0.3) is 15.3 Å². The minimum Gasteiger partial charge on any atom is -0.497 e. The standard InChI is InChI=1S/C25H27N5O4S2/c1-16-5-4-12-29(15-16)36(32,33)20-9-6-18(7-10-20)24(31)27-23-13-17(2)28-30(23)25-26-21-14-19(34-3)8-11-22(21)35-25/h6-11,13-14,16H,4-5,12,15H2,1-3H3,(H,27,31). The summed E-state index contributed by atoms with van der Waals surface area (Å²) in [6.07, 6.45) is 1.89. The largest absolute Gasteiger partial charge is 0.497 e. The minimum atomic E-state index is -3.58. The number of nitrogens with one attached hydrogen (secondary N) is 1. The Kier molecular flexibility index (Phi) is 6.54. The molecule has 1 unspecified atom stereocenters. The Labute approximate surface area is 213 Å². The second kappa shape index (κ2) is 9.64. The van der Waals surface area contributed by atoms with Crippen molar-refractivity contribution in [2.75, 3.05) is 25.5 Å². The number of amides is 1. The lowest BCUT2D eigenvalue weighted by Crippen LogP contribution is -2.39. The van der Waals surface area contributed by atoms with E-state index in [1.165, 1.54) is 39.9 Å². The zero-order chi connectivity index (χ0) is 25.4. The van der Waals surface area contributed by atoms with Gasteiger partial charge in [-0.3, -0.25) is 4.79 Å². The van der Waals surface area contributed by atoms with Gasteiger partial charge in [-0.1, -0.05) is 18.3 Å². The van der Waals surface area contributed by atoms with E-state index in [1.54, 1.807) is 17.9 Å². The SMILES string of the molecule is COc1ccc2sc(-n3nc(C)cc3NC(=O)c3ccc(S(=O)(=O)N4CCCC(C)C4)cc3)nc2c1. The lowest BCUT2D eigenvalue weighted by Gasteiger charge is -2.30. The van der Waals surface area contributed by atoms with Gasteiger partial charge in [0.1, 0.15) is 11.6 Å². The molecule has 0 spiro atoms. The summed E-state index contributed by atoms with van der Waals surface area (Å²) in [5.74, 6) is 1.16. The molecule has 0 saturated carbocycles. The number of thiazole rings is 1. The Balaban J connectivity index is 1.36. The number of fused-ring (bicyclic) bond motifs is 1. The zero-order valence-electron chi connectivity index (χ0n) is 20.3. The molecule has 36 heavy (non-hydrogen) atoms. The number of hydrogen-bond acceptors (Lipinski definition) is 7. The van der Waals surface area contributed by atoms with E-state index in [4.69, 9.17) is 4.74 Å². The number of anilines is 1. The van der Waals surface area contributed by atoms with Gasteiger partial charge in [0.25, 0.3) is 5.91 Å². The highest BCUT2D eigenvalue weighted by atomic mass is 32.2. The fourth-order valence-electron chi connectivity index (χ4n) is 4.33. The van der Waals surface area contributed by atoms with Gasteiger partial charge >= 0.3 is 0 Å². The molecule has 1 fully saturated rings. The number of aromatic nitrogens is 3. The first kappa shape index (κ1) is 24.4. The average molecular weight is 526 g/mol. The molecule has 4 aromatic rings. The third kappa shape index (κ3) is 4.73. The lowest BCUT2D eigenvalue weighted by molar-refractivity contribution is 0.102. The van der Waals surface area contributed by atoms with Crippen LogP contribution in [-0.4, -0.2) is 53.6 Å². The Morgan fingerprint density at radius 3 is 2.67 bits per heavy atom. The molecule has 1 N–H and O–H groups in total. The summed E-state index contributed by atoms with van der Waals surface area (Å²) in [6.45, 7) is 4.94. The number of hydrogen-bond donors (Lipinski definition) is 1. The number of benzene rings is 2. The smallest absolute Gasteiger partial charge is 0.256 e. The zero-order valence-corrected chi connectivity index (χ0v) is 21.9. The highest BCUT2D eigenvalue weighted by Crippen LogP contribution is 2.30. The molecule has 3 heterocycles. The predicted molar refractivity (Wildman–Crippen MR) is 140 cm³/mol. The molecule has 9 nitrogen and oxygen atoms in total. The average Bonchev–Trinajstić information content (AvgIpc) is 3.46. The van der Waals surface area contributed by atoms with E-state index in [-0.39, 0.29) is 10.8 Å². The molecular formula is C25H27N5O4S2. The van der Waals surface area contributed by atoms with Crippen molar-refractivity contribution in [3.8, 4) is 10.9 Å². The number of sulfonamides is 1. The molecule has 1 aliphatic heterocycles. The third-order valence-corrected chi connectivity index (χ3v) is 9.10. The number of aryl methyl sites for hydroxylation is 1. The Hall–Kier alpha value is -3.28. The van der Waals surface area contributed by atoms with Crippen LogP contribution in [-0.2, 0) is 10.0 Å². The van der Waals surface area contributed by atoms with Crippen molar-refractivity contribution in [1.29, 1.82) is 0 Å². The minimum absolute atomic E-state index is 0.193. The van der Waals surface area contributed by atoms with Gasteiger partial charge in [0.05, 0.1) is 27.9 Å². The van der Waals surface area contributed by atoms with Crippen LogP contribution in [0.15, 0.2) is 53.4 Å². The van der Waals surface area contributed by atoms with Crippen molar-refractivity contribution in [2.45, 2.75) is 31.6 Å². The number of ether oxygens (including phenoxy) is 1. The first-order valence-corrected chi connectivity index (χ1v) is 13.9. The number of carbonyl (C=O) groups excluding carboxylic acids is 1. The maximum absolute atomic E-state index is 13.0. The van der Waals surface area contributed by atoms with E-state index in [0.29, 0.717) is 41.3 Å². The van der Waals surface area contributed by atoms with E-state index in [1.807, 2.05) is 25.1 Å². The number of carbonyl (C=O) groups is 1. The van der Waals surface area contributed by atoms with E-state index in [9.17, 15) is 13.2 Å². The number of methoxy groups -OCH3 is 1. The summed E-state index contributed by atoms with van der Waals surface area (Å²) in [5.41, 5.74) is 1.85. The molecule has 1 amide bonds. The Morgan fingerprint density at radius 1 is 1.17 bits per heavy atom. The van der Waals surface area contributed by atoms with Gasteiger partial charge in [-0.2, -0.15) is 14.1 Å². The molecule has 1 aliphatic rings. The summed E-state index contributed by atoms with van der Waals surface area (Å²) in [6, 6.07) is 13.5. The van der Waals surface area contributed by atoms with Gasteiger partial charge in [-0.05, 0) is 62.1 Å². The van der Waals surface area contributed by atoms with Crippen molar-refractivity contribution < 1.29 is 17.9 Å². The normalized spacial score (nSPS) is 16.8. The van der Waals surface area contributed by atoms with E-state index >= 15 is 0 Å². The summed E-state index contributed by atoms with van der Waals surface area (Å²) >= 11 is 1.45. The summed E-state index contributed by atoms with van der Waals surface area (Å²) in [4.78, 5) is 17.9. The number of nitrogens with zero attached hydrogens (tertiary/aromatic N) is 4. The molecule has 2 aromatic heterocycles. The van der Waals surface area contributed by atoms with Gasteiger partial charge in [-0.25, -0.2) is 13.4 Å². The van der Waals surface area contributed by atoms with Crippen molar-refractivity contribution >= 4 is 43.3 Å². The van der Waals surface area contributed by atoms with Crippen LogP contribution in [0.2, 0.25) is 0 Å². The first-order chi connectivity index (χ1) is 17.2. The van der Waals surface area contributed by atoms with Crippen LogP contribution >= 0.6 is 11.3 Å². The Morgan fingerprint density at radius 2 is 1.94 bits per heavy atom. The highest BCUT2D eigenvalue weighted by Gasteiger charge is 2.28. The van der Waals surface area contributed by atoms with Crippen LogP contribution in [0.3, 0.4) is 0 Å². The molecule has 11 heteroatoms. The van der Waals surface area contributed by atoms with Crippen LogP contribution < -0.4 is 10.1 Å². The van der Waals surface area contributed by atoms with Crippen LogP contribution in [0.1, 0.15) is 35.8 Å². The van der Waals surface area contributed by atoms with Crippen LogP contribution in [0.4, 0.5) is 5.82 Å². The van der Waals surface area contributed by atoms with E-state index in [2.05, 4.69) is 22.3 Å². The molecule has 5 rings (SSSR count). The molecular weight excluding hydrogens is 498 g/mol. The van der Waals surface area contributed by atoms with Crippen molar-refractivity contribution in [3.05, 3.63) is 59.8 Å². The number of rotatable bonds is 6. The van der Waals surface area contributed by atoms with E-state index in [0.717, 1.165) is 28.8 Å². The van der Waals surface area contributed by atoms with Crippen molar-refractivity contribution in [3.63, 3.8) is 0 Å². The summed E-state index contributed by atoms with van der Waals surface area (Å²) < 4.78 is 35.4. The molecule has 0 bridgehead atoms. The van der Waals surface area contributed by atoms with E-state index < -0.39 is 10.0 Å². The maximum Gasteiger partial charge on any atom is 0.256 e. The molecule has 1 saturated heterocycles. The van der Waals surface area contributed by atoms with Crippen LogP contribution in [0.5, 0.6) is 5.75 Å². The fourth-order valence-corrected chi connectivity index (χ4v) is 6.84. The highest BCUT2D eigenvalue weighted by molar-refractivity contribution is 7.89. The summed E-state index contributed by atoms with van der Waals surface area (Å²) in [5, 5.41) is 8.00. The lowest BCUT2D eigenvalue weighted by atomic mass is 10.0. The Bertz CT molecular complexity index is 1530. The van der Waals surface area contributed by atoms with Gasteiger partial charge < -0.3 is 10.1 Å². The number of piperidine rings is 1. The molecule has 0 radical (unpaired) electrons. The van der Waals surface area contributed by atoms with Gasteiger partial charge in [-0.15, -0.1) is 0 Å². The van der Waals surface area contributed by atoms with Crippen molar-refractivity contribution in [1.82, 2.24) is 19.1 Å². The van der Waals surface area contributed by atoms with Crippen molar-refractivity contribution in [2.24, 2.45) is 5.92 Å². The molecule has 1 atom stereocenters. The predicted octanol–water partition coefficient (Wildman–Crippen LogP) is 4.47. The monoisotopic (exact) mass is 525 g/mol. The molecule has 0 aliphatic carbocycles. The second-order valence-corrected chi connectivity index (χ2v) is 11.9. The van der Waals surface area contributed by atoms with Crippen LogP contribution in [0, 0.1) is 12.8 Å². The summed E-state index contributed by atoms with van der Waals surface area (Å²) in [7, 11) is -1.98.